The van der Waals surface area contributed by atoms with Crippen molar-refractivity contribution in [3.8, 4) is 0 Å². The third-order valence-electron chi connectivity index (χ3n) is 4.44. The number of nitrogens with zero attached hydrogens (tertiary/aromatic N) is 1. The van der Waals surface area contributed by atoms with Gasteiger partial charge in [-0.05, 0) is 56.4 Å². The summed E-state index contributed by atoms with van der Waals surface area (Å²) in [4.78, 5) is 14.4. The fourth-order valence-electron chi connectivity index (χ4n) is 3.39. The molecule has 0 aliphatic carbocycles. The minimum absolute atomic E-state index is 0.0101. The van der Waals surface area contributed by atoms with Gasteiger partial charge in [0.05, 0.1) is 12.2 Å². The van der Waals surface area contributed by atoms with E-state index in [2.05, 4.69) is 6.92 Å². The Morgan fingerprint density at radius 3 is 3.00 bits per heavy atom. The fourth-order valence-corrected chi connectivity index (χ4v) is 3.39. The van der Waals surface area contributed by atoms with Gasteiger partial charge in [-0.2, -0.15) is 0 Å². The lowest BCUT2D eigenvalue weighted by atomic mass is 9.91. The van der Waals surface area contributed by atoms with Gasteiger partial charge in [-0.15, -0.1) is 0 Å². The molecule has 4 heteroatoms. The maximum absolute atomic E-state index is 13.1. The monoisotopic (exact) mass is 277 g/mol. The second-order valence-electron chi connectivity index (χ2n) is 5.98. The molecule has 1 amide bonds. The summed E-state index contributed by atoms with van der Waals surface area (Å²) >= 11 is 0. The standard InChI is InChI=1S/C16H20FNO2/c1-10-7-13(17)3-4-14(10)16(19)18-6-5-12-8-11(2)20-15(12)9-18/h3-4,7,11-12,15H,5-6,8-9H2,1-2H3/t11-,12-,15+/m1/s1. The molecule has 0 aromatic heterocycles. The number of hydrogen-bond acceptors (Lipinski definition) is 2. The van der Waals surface area contributed by atoms with Crippen molar-refractivity contribution < 1.29 is 13.9 Å². The maximum atomic E-state index is 13.1. The Balaban J connectivity index is 1.75. The van der Waals surface area contributed by atoms with Crippen LogP contribution in [0.5, 0.6) is 0 Å². The van der Waals surface area contributed by atoms with Crippen molar-refractivity contribution in [3.63, 3.8) is 0 Å². The van der Waals surface area contributed by atoms with E-state index in [9.17, 15) is 9.18 Å². The molecule has 3 nitrogen and oxygen atoms in total. The van der Waals surface area contributed by atoms with E-state index in [1.165, 1.54) is 12.1 Å². The van der Waals surface area contributed by atoms with E-state index < -0.39 is 0 Å². The molecule has 3 rings (SSSR count). The van der Waals surface area contributed by atoms with Crippen molar-refractivity contribution in [2.75, 3.05) is 13.1 Å². The molecule has 2 aliphatic heterocycles. The zero-order valence-electron chi connectivity index (χ0n) is 11.9. The second-order valence-corrected chi connectivity index (χ2v) is 5.98. The van der Waals surface area contributed by atoms with Gasteiger partial charge in [0.2, 0.25) is 0 Å². The SMILES string of the molecule is Cc1cc(F)ccc1C(=O)N1CC[C@@H]2C[C@@H](C)O[C@H]2C1. The number of halogens is 1. The molecule has 1 aromatic carbocycles. The van der Waals surface area contributed by atoms with Gasteiger partial charge in [0.1, 0.15) is 5.82 Å². The van der Waals surface area contributed by atoms with Crippen LogP contribution in [0.3, 0.4) is 0 Å². The number of hydrogen-bond donors (Lipinski definition) is 0. The molecule has 108 valence electrons. The maximum Gasteiger partial charge on any atom is 0.254 e. The molecule has 2 saturated heterocycles. The van der Waals surface area contributed by atoms with E-state index in [0.29, 0.717) is 29.7 Å². The third kappa shape index (κ3) is 2.44. The Morgan fingerprint density at radius 2 is 2.25 bits per heavy atom. The molecule has 0 unspecified atom stereocenters. The molecule has 1 aromatic rings. The van der Waals surface area contributed by atoms with Crippen molar-refractivity contribution in [1.29, 1.82) is 0 Å². The summed E-state index contributed by atoms with van der Waals surface area (Å²) in [6, 6.07) is 4.34. The Kier molecular flexibility index (Phi) is 3.50. The number of carbonyl (C=O) groups excluding carboxylic acids is 1. The summed E-state index contributed by atoms with van der Waals surface area (Å²) < 4.78 is 19.0. The summed E-state index contributed by atoms with van der Waals surface area (Å²) in [6.07, 6.45) is 2.57. The highest BCUT2D eigenvalue weighted by atomic mass is 19.1. The Morgan fingerprint density at radius 1 is 1.45 bits per heavy atom. The first-order valence-corrected chi connectivity index (χ1v) is 7.25. The van der Waals surface area contributed by atoms with Gasteiger partial charge in [0.15, 0.2) is 0 Å². The molecule has 0 radical (unpaired) electrons. The predicted molar refractivity (Wildman–Crippen MR) is 74.1 cm³/mol. The molecule has 2 heterocycles. The number of rotatable bonds is 1. The van der Waals surface area contributed by atoms with E-state index in [1.54, 1.807) is 13.0 Å². The largest absolute Gasteiger partial charge is 0.373 e. The van der Waals surface area contributed by atoms with Crippen LogP contribution in [-0.2, 0) is 4.74 Å². The molecular formula is C16H20FNO2. The minimum Gasteiger partial charge on any atom is -0.373 e. The molecule has 2 aliphatic rings. The van der Waals surface area contributed by atoms with Gasteiger partial charge in [-0.3, -0.25) is 4.79 Å². The van der Waals surface area contributed by atoms with E-state index >= 15 is 0 Å². The average molecular weight is 277 g/mol. The Labute approximate surface area is 118 Å². The number of carbonyl (C=O) groups is 1. The minimum atomic E-state index is -0.300. The highest BCUT2D eigenvalue weighted by Crippen LogP contribution is 2.33. The molecule has 0 N–H and O–H groups in total. The summed E-state index contributed by atoms with van der Waals surface area (Å²) in [5.74, 6) is 0.276. The first-order valence-electron chi connectivity index (χ1n) is 7.25. The van der Waals surface area contributed by atoms with E-state index in [-0.39, 0.29) is 17.8 Å². The number of likely N-dealkylation sites (tertiary alicyclic amines) is 1. The van der Waals surface area contributed by atoms with Crippen LogP contribution in [0.25, 0.3) is 0 Å². The quantitative estimate of drug-likeness (QED) is 0.790. The lowest BCUT2D eigenvalue weighted by molar-refractivity contribution is 0.00154. The predicted octanol–water partition coefficient (Wildman–Crippen LogP) is 2.77. The van der Waals surface area contributed by atoms with Crippen LogP contribution in [0.4, 0.5) is 4.39 Å². The number of piperidine rings is 1. The van der Waals surface area contributed by atoms with Crippen LogP contribution in [0.15, 0.2) is 18.2 Å². The summed E-state index contributed by atoms with van der Waals surface area (Å²) in [7, 11) is 0. The third-order valence-corrected chi connectivity index (χ3v) is 4.44. The Bertz CT molecular complexity index is 531. The van der Waals surface area contributed by atoms with E-state index in [1.807, 2.05) is 4.90 Å². The molecule has 2 fully saturated rings. The van der Waals surface area contributed by atoms with E-state index in [4.69, 9.17) is 4.74 Å². The number of aryl methyl sites for hydroxylation is 1. The molecule has 20 heavy (non-hydrogen) atoms. The number of fused-ring (bicyclic) bond motifs is 1. The van der Waals surface area contributed by atoms with Gasteiger partial charge >= 0.3 is 0 Å². The molecular weight excluding hydrogens is 257 g/mol. The van der Waals surface area contributed by atoms with Gasteiger partial charge in [-0.25, -0.2) is 4.39 Å². The summed E-state index contributed by atoms with van der Waals surface area (Å²) in [6.45, 7) is 5.30. The summed E-state index contributed by atoms with van der Waals surface area (Å²) in [5.41, 5.74) is 1.29. The zero-order chi connectivity index (χ0) is 14.3. The molecule has 0 saturated carbocycles. The number of amides is 1. The van der Waals surface area contributed by atoms with Crippen molar-refractivity contribution >= 4 is 5.91 Å². The molecule has 0 bridgehead atoms. The van der Waals surface area contributed by atoms with Gasteiger partial charge < -0.3 is 9.64 Å². The van der Waals surface area contributed by atoms with Gasteiger partial charge in [0, 0.05) is 18.7 Å². The zero-order valence-corrected chi connectivity index (χ0v) is 11.9. The Hall–Kier alpha value is -1.42. The lowest BCUT2D eigenvalue weighted by Crippen LogP contribution is -2.45. The topological polar surface area (TPSA) is 29.5 Å². The van der Waals surface area contributed by atoms with Crippen molar-refractivity contribution in [2.24, 2.45) is 5.92 Å². The van der Waals surface area contributed by atoms with Crippen molar-refractivity contribution in [1.82, 2.24) is 4.90 Å². The average Bonchev–Trinajstić information content (AvgIpc) is 2.77. The highest BCUT2D eigenvalue weighted by molar-refractivity contribution is 5.95. The van der Waals surface area contributed by atoms with Crippen LogP contribution in [0.2, 0.25) is 0 Å². The van der Waals surface area contributed by atoms with Crippen LogP contribution in [0, 0.1) is 18.7 Å². The smallest absolute Gasteiger partial charge is 0.254 e. The normalized spacial score (nSPS) is 29.4. The first kappa shape index (κ1) is 13.6. The van der Waals surface area contributed by atoms with Crippen LogP contribution in [-0.4, -0.2) is 36.1 Å². The van der Waals surface area contributed by atoms with Crippen molar-refractivity contribution in [2.45, 2.75) is 38.9 Å². The lowest BCUT2D eigenvalue weighted by Gasteiger charge is -2.34. The van der Waals surface area contributed by atoms with Gasteiger partial charge in [0.25, 0.3) is 5.91 Å². The van der Waals surface area contributed by atoms with E-state index in [0.717, 1.165) is 19.4 Å². The first-order chi connectivity index (χ1) is 9.54. The highest BCUT2D eigenvalue weighted by Gasteiger charge is 2.38. The van der Waals surface area contributed by atoms with Crippen molar-refractivity contribution in [3.05, 3.63) is 35.1 Å². The van der Waals surface area contributed by atoms with Crippen LogP contribution in [0.1, 0.15) is 35.7 Å². The number of benzene rings is 1. The van der Waals surface area contributed by atoms with Gasteiger partial charge in [-0.1, -0.05) is 0 Å². The van der Waals surface area contributed by atoms with Crippen LogP contribution >= 0.6 is 0 Å². The number of ether oxygens (including phenoxy) is 1. The summed E-state index contributed by atoms with van der Waals surface area (Å²) in [5, 5.41) is 0. The fraction of sp³-hybridized carbons (Fsp3) is 0.562. The second kappa shape index (κ2) is 5.17. The molecule has 3 atom stereocenters. The van der Waals surface area contributed by atoms with Crippen LogP contribution < -0.4 is 0 Å². The molecule has 0 spiro atoms.